The summed E-state index contributed by atoms with van der Waals surface area (Å²) < 4.78 is 56.1. The van der Waals surface area contributed by atoms with E-state index in [1.165, 1.54) is 29.3 Å². The molecular formula is C21H20F4N4O4. The summed E-state index contributed by atoms with van der Waals surface area (Å²) in [4.78, 5) is 24.2. The Morgan fingerprint density at radius 1 is 1.18 bits per heavy atom. The summed E-state index contributed by atoms with van der Waals surface area (Å²) >= 11 is 0. The van der Waals surface area contributed by atoms with Crippen LogP contribution in [0.15, 0.2) is 53.6 Å². The number of halogens is 4. The number of rotatable bonds is 8. The van der Waals surface area contributed by atoms with E-state index >= 15 is 0 Å². The minimum absolute atomic E-state index is 0.0148. The van der Waals surface area contributed by atoms with Gasteiger partial charge in [0.2, 0.25) is 5.91 Å². The van der Waals surface area contributed by atoms with Gasteiger partial charge < -0.3 is 20.9 Å². The van der Waals surface area contributed by atoms with Crippen LogP contribution < -0.4 is 20.8 Å². The Balaban J connectivity index is 1.53. The van der Waals surface area contributed by atoms with Crippen LogP contribution in [0.25, 0.3) is 0 Å². The second-order valence-corrected chi connectivity index (χ2v) is 7.19. The van der Waals surface area contributed by atoms with E-state index in [9.17, 15) is 32.3 Å². The average Bonchev–Trinajstić information content (AvgIpc) is 3.22. The molecule has 0 fully saturated rings. The molecule has 0 spiro atoms. The molecule has 33 heavy (non-hydrogen) atoms. The summed E-state index contributed by atoms with van der Waals surface area (Å²) in [5.74, 6) is -1.74. The van der Waals surface area contributed by atoms with E-state index in [4.69, 9.17) is 10.5 Å². The van der Waals surface area contributed by atoms with Gasteiger partial charge in [-0.15, -0.1) is 0 Å². The van der Waals surface area contributed by atoms with Gasteiger partial charge in [-0.3, -0.25) is 14.6 Å². The molecule has 0 saturated carbocycles. The molecule has 2 amide bonds. The van der Waals surface area contributed by atoms with Crippen molar-refractivity contribution in [2.24, 2.45) is 10.8 Å². The van der Waals surface area contributed by atoms with E-state index in [0.717, 1.165) is 24.3 Å². The Bertz CT molecular complexity index is 1030. The van der Waals surface area contributed by atoms with E-state index in [0.29, 0.717) is 5.69 Å². The van der Waals surface area contributed by atoms with Gasteiger partial charge in [0.05, 0.1) is 11.3 Å². The lowest BCUT2D eigenvalue weighted by molar-refractivity contribution is -0.137. The lowest BCUT2D eigenvalue weighted by Crippen LogP contribution is -2.41. The molecule has 0 aromatic heterocycles. The molecule has 1 aliphatic rings. The number of aliphatic hydroxyl groups excluding tert-OH is 1. The number of anilines is 1. The van der Waals surface area contributed by atoms with Crippen molar-refractivity contribution < 1.29 is 37.0 Å². The zero-order valence-corrected chi connectivity index (χ0v) is 17.1. The van der Waals surface area contributed by atoms with Crippen molar-refractivity contribution in [2.45, 2.75) is 24.7 Å². The summed E-state index contributed by atoms with van der Waals surface area (Å²) in [5, 5.41) is 17.8. The molecule has 12 heteroatoms. The number of benzene rings is 2. The normalized spacial score (nSPS) is 16.8. The van der Waals surface area contributed by atoms with Gasteiger partial charge in [0.1, 0.15) is 36.0 Å². The molecule has 1 aliphatic heterocycles. The molecule has 2 unspecified atom stereocenters. The number of hydrogen-bond acceptors (Lipinski definition) is 6. The highest BCUT2D eigenvalue weighted by molar-refractivity contribution is 6.40. The zero-order chi connectivity index (χ0) is 24.2. The van der Waals surface area contributed by atoms with Gasteiger partial charge in [-0.2, -0.15) is 18.3 Å². The van der Waals surface area contributed by atoms with Crippen LogP contribution in [0.3, 0.4) is 0 Å². The maximum atomic E-state index is 13.2. The van der Waals surface area contributed by atoms with Gasteiger partial charge in [0.25, 0.3) is 5.91 Å². The molecule has 2 atom stereocenters. The quantitative estimate of drug-likeness (QED) is 0.511. The summed E-state index contributed by atoms with van der Waals surface area (Å²) in [5.41, 5.74) is 4.91. The van der Waals surface area contributed by atoms with Gasteiger partial charge in [0.15, 0.2) is 0 Å². The fourth-order valence-corrected chi connectivity index (χ4v) is 3.00. The predicted molar refractivity (Wildman–Crippen MR) is 110 cm³/mol. The third kappa shape index (κ3) is 6.19. The molecule has 1 heterocycles. The van der Waals surface area contributed by atoms with Crippen LogP contribution in [0.2, 0.25) is 0 Å². The van der Waals surface area contributed by atoms with Gasteiger partial charge in [-0.25, -0.2) is 4.39 Å². The fraction of sp³-hybridized carbons (Fsp3) is 0.286. The number of ether oxygens (including phenoxy) is 1. The smallest absolute Gasteiger partial charge is 0.416 e. The van der Waals surface area contributed by atoms with E-state index in [1.54, 1.807) is 0 Å². The molecule has 2 aromatic carbocycles. The van der Waals surface area contributed by atoms with E-state index < -0.39 is 41.5 Å². The van der Waals surface area contributed by atoms with Crippen molar-refractivity contribution in [2.75, 3.05) is 18.2 Å². The number of primary amides is 1. The Morgan fingerprint density at radius 2 is 1.82 bits per heavy atom. The van der Waals surface area contributed by atoms with Crippen molar-refractivity contribution in [3.63, 3.8) is 0 Å². The molecule has 8 nitrogen and oxygen atoms in total. The monoisotopic (exact) mass is 468 g/mol. The van der Waals surface area contributed by atoms with E-state index in [-0.39, 0.29) is 31.0 Å². The molecule has 0 saturated heterocycles. The summed E-state index contributed by atoms with van der Waals surface area (Å²) in [7, 11) is 0. The first-order chi connectivity index (χ1) is 15.5. The number of carbonyl (C=O) groups excluding carboxylic acids is 2. The number of aliphatic hydroxyl groups is 1. The van der Waals surface area contributed by atoms with Gasteiger partial charge in [-0.1, -0.05) is 0 Å². The fourth-order valence-electron chi connectivity index (χ4n) is 3.00. The number of hydrogen-bond donors (Lipinski definition) is 3. The minimum Gasteiger partial charge on any atom is -0.491 e. The van der Waals surface area contributed by atoms with Crippen molar-refractivity contribution in [3.05, 3.63) is 59.9 Å². The lowest BCUT2D eigenvalue weighted by Gasteiger charge is -2.20. The predicted octanol–water partition coefficient (Wildman–Crippen LogP) is 1.82. The Morgan fingerprint density at radius 3 is 2.39 bits per heavy atom. The Hall–Kier alpha value is -3.67. The molecule has 176 valence electrons. The van der Waals surface area contributed by atoms with Crippen molar-refractivity contribution in [1.82, 2.24) is 5.32 Å². The van der Waals surface area contributed by atoms with Crippen molar-refractivity contribution >= 4 is 23.2 Å². The van der Waals surface area contributed by atoms with Crippen LogP contribution in [-0.4, -0.2) is 47.9 Å². The first kappa shape index (κ1) is 24.0. The molecule has 2 aromatic rings. The summed E-state index contributed by atoms with van der Waals surface area (Å²) in [6.07, 6.45) is -5.72. The first-order valence-electron chi connectivity index (χ1n) is 9.72. The largest absolute Gasteiger partial charge is 0.491 e. The Kier molecular flexibility index (Phi) is 7.16. The second-order valence-electron chi connectivity index (χ2n) is 7.19. The molecule has 0 radical (unpaired) electrons. The van der Waals surface area contributed by atoms with Gasteiger partial charge in [-0.05, 0) is 48.5 Å². The van der Waals surface area contributed by atoms with Crippen molar-refractivity contribution in [1.29, 1.82) is 0 Å². The third-order valence-corrected chi connectivity index (χ3v) is 4.71. The highest BCUT2D eigenvalue weighted by atomic mass is 19.4. The zero-order valence-electron chi connectivity index (χ0n) is 17.1. The topological polar surface area (TPSA) is 117 Å². The number of nitrogens with zero attached hydrogens (tertiary/aromatic N) is 2. The number of nitrogens with one attached hydrogen (secondary N) is 1. The number of nitrogens with two attached hydrogens (primary N) is 1. The molecular weight excluding hydrogens is 448 g/mol. The molecule has 3 rings (SSSR count). The van der Waals surface area contributed by atoms with Crippen LogP contribution in [0.5, 0.6) is 5.75 Å². The maximum Gasteiger partial charge on any atom is 0.416 e. The average molecular weight is 468 g/mol. The van der Waals surface area contributed by atoms with Crippen LogP contribution in [-0.2, 0) is 15.8 Å². The van der Waals surface area contributed by atoms with Crippen molar-refractivity contribution in [3.8, 4) is 5.75 Å². The van der Waals surface area contributed by atoms with Crippen LogP contribution in [0, 0.1) is 5.82 Å². The second kappa shape index (κ2) is 9.86. The molecule has 0 bridgehead atoms. The number of hydrazone groups is 1. The van der Waals surface area contributed by atoms with Crippen LogP contribution in [0.4, 0.5) is 23.2 Å². The first-order valence-corrected chi connectivity index (χ1v) is 9.72. The Labute approximate surface area is 185 Å². The summed E-state index contributed by atoms with van der Waals surface area (Å²) in [6, 6.07) is 8.13. The summed E-state index contributed by atoms with van der Waals surface area (Å²) in [6.45, 7) is -0.528. The number of carbonyl (C=O) groups is 2. The molecule has 0 aliphatic carbocycles. The highest BCUT2D eigenvalue weighted by Crippen LogP contribution is 2.30. The van der Waals surface area contributed by atoms with Crippen LogP contribution >= 0.6 is 0 Å². The van der Waals surface area contributed by atoms with E-state index in [1.807, 2.05) is 0 Å². The minimum atomic E-state index is -4.47. The SMILES string of the molecule is NC(=O)C1CC(C(=O)NCC(O)COc2ccc(C(F)(F)F)cc2)=NN1c1ccc(F)cc1. The van der Waals surface area contributed by atoms with Crippen LogP contribution in [0.1, 0.15) is 12.0 Å². The standard InChI is InChI=1S/C21H20F4N4O4/c22-13-3-5-14(6-4-13)29-18(19(26)31)9-17(28-29)20(32)27-10-15(30)11-33-16-7-1-12(2-8-16)21(23,24)25/h1-8,15,18,30H,9-11H2,(H2,26,31)(H,27,32). The van der Waals surface area contributed by atoms with Gasteiger partial charge in [0, 0.05) is 13.0 Å². The maximum absolute atomic E-state index is 13.2. The van der Waals surface area contributed by atoms with Gasteiger partial charge >= 0.3 is 6.18 Å². The number of amides is 2. The van der Waals surface area contributed by atoms with E-state index in [2.05, 4.69) is 10.4 Å². The molecule has 4 N–H and O–H groups in total. The highest BCUT2D eigenvalue weighted by Gasteiger charge is 2.35. The lowest BCUT2D eigenvalue weighted by atomic mass is 10.1. The number of alkyl halides is 3. The third-order valence-electron chi connectivity index (χ3n) is 4.71.